The lowest BCUT2D eigenvalue weighted by Gasteiger charge is -2.24. The Kier molecular flexibility index (Phi) is 3.62. The Labute approximate surface area is 107 Å². The molecular formula is C13H17FN2S. The van der Waals surface area contributed by atoms with Crippen molar-refractivity contribution in [3.05, 3.63) is 35.0 Å². The number of halogens is 1. The van der Waals surface area contributed by atoms with E-state index in [2.05, 4.69) is 24.5 Å². The van der Waals surface area contributed by atoms with Gasteiger partial charge in [0.1, 0.15) is 5.82 Å². The van der Waals surface area contributed by atoms with Crippen LogP contribution >= 0.6 is 12.6 Å². The maximum atomic E-state index is 14.0. The Bertz CT molecular complexity index is 445. The molecule has 1 aromatic carbocycles. The van der Waals surface area contributed by atoms with Gasteiger partial charge in [0.25, 0.3) is 0 Å². The number of anilines is 1. The zero-order chi connectivity index (χ0) is 12.4. The summed E-state index contributed by atoms with van der Waals surface area (Å²) in [5.41, 5.74) is 7.52. The van der Waals surface area contributed by atoms with E-state index in [1.54, 1.807) is 6.07 Å². The third-order valence-electron chi connectivity index (χ3n) is 3.28. The number of rotatable bonds is 2. The Balaban J connectivity index is 2.31. The highest BCUT2D eigenvalue weighted by atomic mass is 32.1. The van der Waals surface area contributed by atoms with Crippen molar-refractivity contribution in [1.29, 1.82) is 0 Å². The van der Waals surface area contributed by atoms with Crippen molar-refractivity contribution in [2.24, 2.45) is 5.73 Å². The minimum atomic E-state index is -0.214. The highest BCUT2D eigenvalue weighted by Gasteiger charge is 2.22. The van der Waals surface area contributed by atoms with Crippen LogP contribution in [0.1, 0.15) is 25.3 Å². The molecular weight excluding hydrogens is 235 g/mol. The predicted octanol–water partition coefficient (Wildman–Crippen LogP) is 3.00. The monoisotopic (exact) mass is 252 g/mol. The Morgan fingerprint density at radius 1 is 1.59 bits per heavy atom. The van der Waals surface area contributed by atoms with Crippen LogP contribution in [0.4, 0.5) is 10.1 Å². The van der Waals surface area contributed by atoms with Gasteiger partial charge < -0.3 is 10.6 Å². The lowest BCUT2D eigenvalue weighted by molar-refractivity contribution is 0.613. The number of thiol groups is 1. The van der Waals surface area contributed by atoms with E-state index < -0.39 is 0 Å². The van der Waals surface area contributed by atoms with Crippen molar-refractivity contribution < 1.29 is 4.39 Å². The highest BCUT2D eigenvalue weighted by molar-refractivity contribution is 7.83. The van der Waals surface area contributed by atoms with Gasteiger partial charge in [-0.3, -0.25) is 0 Å². The average Bonchev–Trinajstić information content (AvgIpc) is 2.74. The topological polar surface area (TPSA) is 29.3 Å². The van der Waals surface area contributed by atoms with Crippen LogP contribution < -0.4 is 10.6 Å². The van der Waals surface area contributed by atoms with Crippen LogP contribution in [0.2, 0.25) is 0 Å². The van der Waals surface area contributed by atoms with Crippen molar-refractivity contribution in [2.45, 2.75) is 25.8 Å². The molecule has 4 heteroatoms. The van der Waals surface area contributed by atoms with Gasteiger partial charge in [-0.25, -0.2) is 4.39 Å². The largest absolute Gasteiger partial charge is 0.398 e. The molecule has 2 rings (SSSR count). The maximum Gasteiger partial charge on any atom is 0.147 e. The van der Waals surface area contributed by atoms with E-state index in [0.717, 1.165) is 19.4 Å². The predicted molar refractivity (Wildman–Crippen MR) is 73.6 cm³/mol. The van der Waals surface area contributed by atoms with Gasteiger partial charge in [-0.15, -0.1) is 12.6 Å². The summed E-state index contributed by atoms with van der Waals surface area (Å²) >= 11 is 3.97. The molecule has 1 aliphatic rings. The highest BCUT2D eigenvalue weighted by Crippen LogP contribution is 2.29. The van der Waals surface area contributed by atoms with Crippen LogP contribution in [-0.4, -0.2) is 12.6 Å². The summed E-state index contributed by atoms with van der Waals surface area (Å²) in [6, 6.07) is 5.53. The zero-order valence-electron chi connectivity index (χ0n) is 9.86. The van der Waals surface area contributed by atoms with E-state index in [1.165, 1.54) is 11.5 Å². The quantitative estimate of drug-likeness (QED) is 0.792. The first kappa shape index (κ1) is 12.3. The molecule has 0 aliphatic carbocycles. The third-order valence-corrected chi connectivity index (χ3v) is 3.56. The van der Waals surface area contributed by atoms with E-state index in [1.807, 2.05) is 6.07 Å². The van der Waals surface area contributed by atoms with Crippen molar-refractivity contribution in [2.75, 3.05) is 11.4 Å². The summed E-state index contributed by atoms with van der Waals surface area (Å²) in [6.45, 7) is 3.05. The van der Waals surface area contributed by atoms with Crippen molar-refractivity contribution in [3.8, 4) is 0 Å². The second-order valence-electron chi connectivity index (χ2n) is 4.44. The first-order valence-electron chi connectivity index (χ1n) is 5.80. The Morgan fingerprint density at radius 3 is 2.88 bits per heavy atom. The van der Waals surface area contributed by atoms with Crippen LogP contribution in [0.15, 0.2) is 23.6 Å². The van der Waals surface area contributed by atoms with Gasteiger partial charge in [0.05, 0.1) is 5.69 Å². The third kappa shape index (κ3) is 2.41. The fraction of sp³-hybridized carbons (Fsp3) is 0.385. The van der Waals surface area contributed by atoms with Gasteiger partial charge in [-0.05, 0) is 37.3 Å². The van der Waals surface area contributed by atoms with E-state index in [9.17, 15) is 4.39 Å². The fourth-order valence-corrected chi connectivity index (χ4v) is 2.43. The lowest BCUT2D eigenvalue weighted by atomic mass is 10.1. The molecule has 0 spiro atoms. The van der Waals surface area contributed by atoms with Crippen molar-refractivity contribution >= 4 is 24.0 Å². The van der Waals surface area contributed by atoms with E-state index in [4.69, 9.17) is 5.73 Å². The fourth-order valence-electron chi connectivity index (χ4n) is 2.29. The Morgan fingerprint density at radius 2 is 2.35 bits per heavy atom. The molecule has 92 valence electrons. The number of hydrogen-bond donors (Lipinski definition) is 2. The summed E-state index contributed by atoms with van der Waals surface area (Å²) in [4.78, 5) is 2.11. The minimum Gasteiger partial charge on any atom is -0.398 e. The number of hydrogen-bond acceptors (Lipinski definition) is 3. The molecule has 2 nitrogen and oxygen atoms in total. The molecule has 1 aliphatic heterocycles. The smallest absolute Gasteiger partial charge is 0.147 e. The summed E-state index contributed by atoms with van der Waals surface area (Å²) in [7, 11) is 0. The average molecular weight is 252 g/mol. The number of nitrogens with two attached hydrogens (primary N) is 1. The first-order chi connectivity index (χ1) is 8.13. The molecule has 1 aromatic rings. The lowest BCUT2D eigenvalue weighted by Crippen LogP contribution is -2.27. The van der Waals surface area contributed by atoms with Gasteiger partial charge >= 0.3 is 0 Å². The molecule has 0 radical (unpaired) electrons. The molecule has 1 unspecified atom stereocenters. The van der Waals surface area contributed by atoms with Gasteiger partial charge in [0, 0.05) is 23.8 Å². The molecule has 0 saturated carbocycles. The maximum absolute atomic E-state index is 14.0. The van der Waals surface area contributed by atoms with Crippen LogP contribution in [-0.2, 0) is 0 Å². The minimum absolute atomic E-state index is 0.214. The second-order valence-corrected chi connectivity index (χ2v) is 4.69. The SMILES string of the molecule is CC1CCCN1c1ccc(/C(N)=C/S)cc1F. The standard InChI is InChI=1S/C13H17FN2S/c1-9-3-2-6-16(9)13-5-4-10(7-11(13)14)12(15)8-17/h4-5,7-9,17H,2-3,6,15H2,1H3/b12-8-. The molecule has 1 saturated heterocycles. The molecule has 17 heavy (non-hydrogen) atoms. The number of benzene rings is 1. The zero-order valence-corrected chi connectivity index (χ0v) is 10.8. The number of nitrogens with zero attached hydrogens (tertiary/aromatic N) is 1. The molecule has 0 amide bonds. The Hall–Kier alpha value is -1.16. The van der Waals surface area contributed by atoms with Crippen LogP contribution in [0.25, 0.3) is 5.70 Å². The van der Waals surface area contributed by atoms with Gasteiger partial charge in [0.15, 0.2) is 0 Å². The van der Waals surface area contributed by atoms with E-state index in [-0.39, 0.29) is 5.82 Å². The van der Waals surface area contributed by atoms with Crippen LogP contribution in [0.5, 0.6) is 0 Å². The molecule has 2 N–H and O–H groups in total. The molecule has 1 heterocycles. The molecule has 0 bridgehead atoms. The molecule has 1 fully saturated rings. The summed E-state index contributed by atoms with van der Waals surface area (Å²) < 4.78 is 14.0. The van der Waals surface area contributed by atoms with E-state index in [0.29, 0.717) is 23.0 Å². The van der Waals surface area contributed by atoms with E-state index >= 15 is 0 Å². The summed E-state index contributed by atoms with van der Waals surface area (Å²) in [5.74, 6) is -0.214. The van der Waals surface area contributed by atoms with Crippen molar-refractivity contribution in [3.63, 3.8) is 0 Å². The van der Waals surface area contributed by atoms with Crippen LogP contribution in [0.3, 0.4) is 0 Å². The summed E-state index contributed by atoms with van der Waals surface area (Å²) in [5, 5.41) is 1.48. The van der Waals surface area contributed by atoms with Gasteiger partial charge in [-0.1, -0.05) is 6.07 Å². The summed E-state index contributed by atoms with van der Waals surface area (Å²) in [6.07, 6.45) is 2.25. The molecule has 1 atom stereocenters. The van der Waals surface area contributed by atoms with Gasteiger partial charge in [-0.2, -0.15) is 0 Å². The normalized spacial score (nSPS) is 21.0. The van der Waals surface area contributed by atoms with Crippen LogP contribution in [0, 0.1) is 5.82 Å². The van der Waals surface area contributed by atoms with Crippen molar-refractivity contribution in [1.82, 2.24) is 0 Å². The second kappa shape index (κ2) is 5.00. The molecule has 0 aromatic heterocycles. The first-order valence-corrected chi connectivity index (χ1v) is 6.31. The van der Waals surface area contributed by atoms with Gasteiger partial charge in [0.2, 0.25) is 0 Å².